The predicted octanol–water partition coefficient (Wildman–Crippen LogP) is 5.37. The molecule has 1 aromatic heterocycles. The molecule has 1 N–H and O–H groups in total. The molecule has 0 fully saturated rings. The Balaban J connectivity index is 1.50. The highest BCUT2D eigenvalue weighted by atomic mass is 32.2. The van der Waals surface area contributed by atoms with Crippen molar-refractivity contribution >= 4 is 44.4 Å². The molecule has 0 radical (unpaired) electrons. The third kappa shape index (κ3) is 4.36. The molecule has 0 saturated carbocycles. The molecule has 0 unspecified atom stereocenters. The van der Waals surface area contributed by atoms with Crippen LogP contribution in [0.15, 0.2) is 53.4 Å². The number of aromatic nitrogens is 1. The van der Waals surface area contributed by atoms with Gasteiger partial charge in [-0.15, -0.1) is 11.8 Å². The Labute approximate surface area is 150 Å². The molecule has 2 aromatic carbocycles. The number of rotatable bonds is 7. The highest BCUT2D eigenvalue weighted by molar-refractivity contribution is 7.99. The Hall–Kier alpha value is -1.85. The van der Waals surface area contributed by atoms with Gasteiger partial charge in [0.2, 0.25) is 5.91 Å². The number of carbonyl (C=O) groups is 1. The number of fused-ring (bicyclic) bond motifs is 1. The van der Waals surface area contributed by atoms with Crippen molar-refractivity contribution in [3.63, 3.8) is 0 Å². The minimum atomic E-state index is 0.0424. The first-order chi connectivity index (χ1) is 11.8. The SMILES string of the molecule is CCc1cccc2sc(NC(=O)CCCSc3ccccc3)nc12. The van der Waals surface area contributed by atoms with Crippen LogP contribution in [0.2, 0.25) is 0 Å². The predicted molar refractivity (Wildman–Crippen MR) is 104 cm³/mol. The third-order valence-corrected chi connectivity index (χ3v) is 5.72. The Bertz CT molecular complexity index is 815. The van der Waals surface area contributed by atoms with Crippen LogP contribution in [0.4, 0.5) is 5.13 Å². The zero-order valence-corrected chi connectivity index (χ0v) is 15.3. The maximum Gasteiger partial charge on any atom is 0.226 e. The molecular formula is C19H20N2OS2. The van der Waals surface area contributed by atoms with Crippen molar-refractivity contribution < 1.29 is 4.79 Å². The van der Waals surface area contributed by atoms with Gasteiger partial charge in [0.1, 0.15) is 0 Å². The molecule has 3 nitrogen and oxygen atoms in total. The van der Waals surface area contributed by atoms with Gasteiger partial charge < -0.3 is 5.32 Å². The van der Waals surface area contributed by atoms with Gasteiger partial charge in [-0.2, -0.15) is 0 Å². The van der Waals surface area contributed by atoms with E-state index in [2.05, 4.69) is 41.5 Å². The molecule has 0 spiro atoms. The maximum absolute atomic E-state index is 12.1. The first-order valence-electron chi connectivity index (χ1n) is 8.12. The standard InChI is InChI=1S/C19H20N2OS2/c1-2-14-8-6-11-16-18(14)21-19(24-16)20-17(22)12-7-13-23-15-9-4-3-5-10-15/h3-6,8-11H,2,7,12-13H2,1H3,(H,20,21,22). The van der Waals surface area contributed by atoms with E-state index < -0.39 is 0 Å². The largest absolute Gasteiger partial charge is 0.302 e. The second kappa shape index (κ2) is 8.31. The molecule has 124 valence electrons. The lowest BCUT2D eigenvalue weighted by Gasteiger charge is -2.02. The molecule has 0 bridgehead atoms. The van der Waals surface area contributed by atoms with Crippen molar-refractivity contribution in [3.8, 4) is 0 Å². The number of anilines is 1. The van der Waals surface area contributed by atoms with E-state index in [0.29, 0.717) is 11.6 Å². The molecule has 5 heteroatoms. The number of thiazole rings is 1. The number of hydrogen-bond acceptors (Lipinski definition) is 4. The molecular weight excluding hydrogens is 336 g/mol. The zero-order chi connectivity index (χ0) is 16.8. The summed E-state index contributed by atoms with van der Waals surface area (Å²) >= 11 is 3.33. The van der Waals surface area contributed by atoms with Crippen LogP contribution in [0.25, 0.3) is 10.2 Å². The van der Waals surface area contributed by atoms with E-state index in [1.54, 1.807) is 23.1 Å². The average molecular weight is 357 g/mol. The van der Waals surface area contributed by atoms with Crippen molar-refractivity contribution in [1.82, 2.24) is 4.98 Å². The summed E-state index contributed by atoms with van der Waals surface area (Å²) in [6.45, 7) is 2.12. The van der Waals surface area contributed by atoms with Gasteiger partial charge in [0, 0.05) is 11.3 Å². The number of thioether (sulfide) groups is 1. The maximum atomic E-state index is 12.1. The molecule has 1 heterocycles. The number of nitrogens with one attached hydrogen (secondary N) is 1. The highest BCUT2D eigenvalue weighted by Crippen LogP contribution is 2.28. The van der Waals surface area contributed by atoms with E-state index in [1.165, 1.54) is 10.5 Å². The normalized spacial score (nSPS) is 10.9. The van der Waals surface area contributed by atoms with Crippen LogP contribution >= 0.6 is 23.1 Å². The first-order valence-corrected chi connectivity index (χ1v) is 9.92. The van der Waals surface area contributed by atoms with E-state index in [1.807, 2.05) is 24.3 Å². The van der Waals surface area contributed by atoms with Crippen molar-refractivity contribution in [3.05, 3.63) is 54.1 Å². The second-order valence-electron chi connectivity index (χ2n) is 5.45. The van der Waals surface area contributed by atoms with Crippen LogP contribution in [-0.4, -0.2) is 16.6 Å². The van der Waals surface area contributed by atoms with E-state index in [0.717, 1.165) is 28.8 Å². The summed E-state index contributed by atoms with van der Waals surface area (Å²) in [5.41, 5.74) is 2.24. The van der Waals surface area contributed by atoms with Gasteiger partial charge >= 0.3 is 0 Å². The van der Waals surface area contributed by atoms with Crippen LogP contribution in [0.1, 0.15) is 25.3 Å². The quantitative estimate of drug-likeness (QED) is 0.457. The molecule has 0 atom stereocenters. The van der Waals surface area contributed by atoms with Gasteiger partial charge in [-0.25, -0.2) is 4.98 Å². The molecule has 24 heavy (non-hydrogen) atoms. The summed E-state index contributed by atoms with van der Waals surface area (Å²) in [5.74, 6) is 0.984. The zero-order valence-electron chi connectivity index (χ0n) is 13.6. The minimum Gasteiger partial charge on any atom is -0.302 e. The minimum absolute atomic E-state index is 0.0424. The smallest absolute Gasteiger partial charge is 0.226 e. The van der Waals surface area contributed by atoms with E-state index in [-0.39, 0.29) is 5.91 Å². The van der Waals surface area contributed by atoms with Crippen LogP contribution in [0.5, 0.6) is 0 Å². The van der Waals surface area contributed by atoms with Crippen molar-refractivity contribution in [2.45, 2.75) is 31.1 Å². The van der Waals surface area contributed by atoms with E-state index in [9.17, 15) is 4.79 Å². The van der Waals surface area contributed by atoms with Gasteiger partial charge in [-0.3, -0.25) is 4.79 Å². The van der Waals surface area contributed by atoms with Gasteiger partial charge in [-0.1, -0.05) is 48.6 Å². The highest BCUT2D eigenvalue weighted by Gasteiger charge is 2.09. The van der Waals surface area contributed by atoms with E-state index in [4.69, 9.17) is 0 Å². The summed E-state index contributed by atoms with van der Waals surface area (Å²) in [5, 5.41) is 3.64. The summed E-state index contributed by atoms with van der Waals surface area (Å²) in [4.78, 5) is 17.9. The summed E-state index contributed by atoms with van der Waals surface area (Å²) in [6, 6.07) is 16.5. The Morgan fingerprint density at radius 2 is 2.00 bits per heavy atom. The molecule has 0 aliphatic carbocycles. The topological polar surface area (TPSA) is 42.0 Å². The van der Waals surface area contributed by atoms with Gasteiger partial charge in [0.05, 0.1) is 10.2 Å². The van der Waals surface area contributed by atoms with E-state index >= 15 is 0 Å². The third-order valence-electron chi connectivity index (χ3n) is 3.69. The first kappa shape index (κ1) is 17.0. The second-order valence-corrected chi connectivity index (χ2v) is 7.65. The van der Waals surface area contributed by atoms with Crippen LogP contribution in [0, 0.1) is 0 Å². The van der Waals surface area contributed by atoms with Crippen LogP contribution in [0.3, 0.4) is 0 Å². The number of carbonyl (C=O) groups excluding carboxylic acids is 1. The molecule has 3 rings (SSSR count). The Kier molecular flexibility index (Phi) is 5.88. The Morgan fingerprint density at radius 1 is 1.17 bits per heavy atom. The number of para-hydroxylation sites is 1. The lowest BCUT2D eigenvalue weighted by atomic mass is 10.1. The fourth-order valence-corrected chi connectivity index (χ4v) is 4.27. The Morgan fingerprint density at radius 3 is 2.79 bits per heavy atom. The van der Waals surface area contributed by atoms with Gasteiger partial charge in [0.25, 0.3) is 0 Å². The fourth-order valence-electron chi connectivity index (χ4n) is 2.47. The number of aryl methyl sites for hydroxylation is 1. The lowest BCUT2D eigenvalue weighted by Crippen LogP contribution is -2.11. The van der Waals surface area contributed by atoms with Crippen molar-refractivity contribution in [2.75, 3.05) is 11.1 Å². The molecule has 0 saturated heterocycles. The molecule has 0 aliphatic heterocycles. The summed E-state index contributed by atoms with van der Waals surface area (Å²) < 4.78 is 1.13. The summed E-state index contributed by atoms with van der Waals surface area (Å²) in [7, 11) is 0. The van der Waals surface area contributed by atoms with Crippen molar-refractivity contribution in [1.29, 1.82) is 0 Å². The van der Waals surface area contributed by atoms with Crippen molar-refractivity contribution in [2.24, 2.45) is 0 Å². The van der Waals surface area contributed by atoms with Crippen LogP contribution < -0.4 is 5.32 Å². The number of nitrogens with zero attached hydrogens (tertiary/aromatic N) is 1. The number of benzene rings is 2. The van der Waals surface area contributed by atoms with Gasteiger partial charge in [0.15, 0.2) is 5.13 Å². The molecule has 1 amide bonds. The lowest BCUT2D eigenvalue weighted by molar-refractivity contribution is -0.116. The molecule has 0 aliphatic rings. The van der Waals surface area contributed by atoms with Crippen LogP contribution in [-0.2, 0) is 11.2 Å². The summed E-state index contributed by atoms with van der Waals surface area (Å²) in [6.07, 6.45) is 2.33. The number of amides is 1. The number of hydrogen-bond donors (Lipinski definition) is 1. The average Bonchev–Trinajstić information content (AvgIpc) is 3.02. The molecule has 3 aromatic rings. The fraction of sp³-hybridized carbons (Fsp3) is 0.263. The monoisotopic (exact) mass is 356 g/mol. The van der Waals surface area contributed by atoms with Gasteiger partial charge in [-0.05, 0) is 42.4 Å².